The highest BCUT2D eigenvalue weighted by Gasteiger charge is 2.29. The second-order valence-electron chi connectivity index (χ2n) is 6.95. The number of benzene rings is 1. The van der Waals surface area contributed by atoms with E-state index < -0.39 is 0 Å². The maximum absolute atomic E-state index is 4.25. The van der Waals surface area contributed by atoms with Crippen LogP contribution >= 0.6 is 0 Å². The minimum absolute atomic E-state index is 0.369. The second-order valence-corrected chi connectivity index (χ2v) is 6.95. The monoisotopic (exact) mass is 338 g/mol. The molecule has 25 heavy (non-hydrogen) atoms. The molecule has 3 atom stereocenters. The molecule has 0 radical (unpaired) electrons. The summed E-state index contributed by atoms with van der Waals surface area (Å²) in [6, 6.07) is 15.6. The van der Waals surface area contributed by atoms with Crippen molar-refractivity contribution in [3.63, 3.8) is 0 Å². The van der Waals surface area contributed by atoms with E-state index in [1.165, 1.54) is 18.4 Å². The van der Waals surface area contributed by atoms with E-state index in [4.69, 9.17) is 0 Å². The fourth-order valence-corrected chi connectivity index (χ4v) is 3.87. The first-order chi connectivity index (χ1) is 12.4. The van der Waals surface area contributed by atoms with Crippen molar-refractivity contribution >= 4 is 5.82 Å². The molecule has 1 aromatic heterocycles. The molecule has 3 N–H and O–H groups in total. The smallest absolute Gasteiger partial charge is 0.151 e. The van der Waals surface area contributed by atoms with Crippen LogP contribution in [0.5, 0.6) is 0 Å². The molecule has 0 aliphatic carbocycles. The first-order valence-electron chi connectivity index (χ1n) is 9.19. The maximum Gasteiger partial charge on any atom is 0.151 e. The van der Waals surface area contributed by atoms with Crippen molar-refractivity contribution in [2.75, 3.05) is 31.1 Å². The van der Waals surface area contributed by atoms with Crippen LogP contribution in [-0.4, -0.2) is 42.4 Å². The summed E-state index contributed by atoms with van der Waals surface area (Å²) in [6.07, 6.45) is 4.14. The van der Waals surface area contributed by atoms with Crippen LogP contribution in [0.1, 0.15) is 24.4 Å². The van der Waals surface area contributed by atoms with Crippen LogP contribution in [0.2, 0.25) is 0 Å². The predicted molar refractivity (Wildman–Crippen MR) is 99.1 cm³/mol. The largest absolute Gasteiger partial charge is 0.354 e. The number of aromatic nitrogens is 2. The Balaban J connectivity index is 1.33. The Hall–Kier alpha value is -2.02. The van der Waals surface area contributed by atoms with E-state index >= 15 is 0 Å². The Morgan fingerprint density at radius 1 is 1.16 bits per heavy atom. The standard InChI is InChI=1S/C19H26N6/c1-2-6-15(7-3-1)19-16(13-22-24-19)12-20-17-8-5-11-25(14-17)18-9-4-10-21-23-18/h1-4,6-7,9-10,16-17,19-20,22,24H,5,8,11-14H2. The number of hydrogen-bond acceptors (Lipinski definition) is 6. The minimum atomic E-state index is 0.369. The molecule has 0 saturated carbocycles. The van der Waals surface area contributed by atoms with Gasteiger partial charge in [0.2, 0.25) is 0 Å². The number of nitrogens with zero attached hydrogens (tertiary/aromatic N) is 3. The number of anilines is 1. The molecule has 2 aliphatic rings. The van der Waals surface area contributed by atoms with Gasteiger partial charge in [0, 0.05) is 44.3 Å². The van der Waals surface area contributed by atoms with Gasteiger partial charge in [-0.1, -0.05) is 30.3 Å². The number of hydrogen-bond donors (Lipinski definition) is 3. The van der Waals surface area contributed by atoms with Crippen molar-refractivity contribution in [2.45, 2.75) is 24.9 Å². The highest BCUT2D eigenvalue weighted by atomic mass is 15.4. The van der Waals surface area contributed by atoms with E-state index in [9.17, 15) is 0 Å². The molecule has 0 bridgehead atoms. The zero-order valence-electron chi connectivity index (χ0n) is 14.4. The summed E-state index contributed by atoms with van der Waals surface area (Å²) in [6.45, 7) is 4.07. The minimum Gasteiger partial charge on any atom is -0.354 e. The van der Waals surface area contributed by atoms with Crippen LogP contribution in [0.3, 0.4) is 0 Å². The molecule has 2 saturated heterocycles. The summed E-state index contributed by atoms with van der Waals surface area (Å²) >= 11 is 0. The third kappa shape index (κ3) is 3.98. The van der Waals surface area contributed by atoms with Crippen LogP contribution in [0, 0.1) is 5.92 Å². The van der Waals surface area contributed by atoms with Crippen LogP contribution in [-0.2, 0) is 0 Å². The average molecular weight is 338 g/mol. The summed E-state index contributed by atoms with van der Waals surface area (Å²) in [4.78, 5) is 2.34. The van der Waals surface area contributed by atoms with Gasteiger partial charge in [0.05, 0.1) is 6.04 Å². The first-order valence-corrected chi connectivity index (χ1v) is 9.19. The van der Waals surface area contributed by atoms with Gasteiger partial charge in [-0.15, -0.1) is 5.10 Å². The van der Waals surface area contributed by atoms with Crippen LogP contribution in [0.15, 0.2) is 48.7 Å². The van der Waals surface area contributed by atoms with Gasteiger partial charge >= 0.3 is 0 Å². The van der Waals surface area contributed by atoms with Gasteiger partial charge in [-0.2, -0.15) is 5.10 Å². The lowest BCUT2D eigenvalue weighted by Gasteiger charge is -2.34. The summed E-state index contributed by atoms with van der Waals surface area (Å²) < 4.78 is 0. The summed E-state index contributed by atoms with van der Waals surface area (Å²) in [5, 5.41) is 12.1. The van der Waals surface area contributed by atoms with Crippen LogP contribution < -0.4 is 21.1 Å². The summed E-state index contributed by atoms with van der Waals surface area (Å²) in [7, 11) is 0. The van der Waals surface area contributed by atoms with E-state index in [2.05, 4.69) is 61.6 Å². The molecule has 132 valence electrons. The lowest BCUT2D eigenvalue weighted by Crippen LogP contribution is -2.47. The van der Waals surface area contributed by atoms with E-state index in [0.29, 0.717) is 18.0 Å². The topological polar surface area (TPSA) is 65.1 Å². The molecule has 1 aromatic carbocycles. The Morgan fingerprint density at radius 2 is 2.08 bits per heavy atom. The van der Waals surface area contributed by atoms with Gasteiger partial charge in [-0.3, -0.25) is 5.43 Å². The molecule has 3 unspecified atom stereocenters. The Kier molecular flexibility index (Phi) is 5.20. The van der Waals surface area contributed by atoms with Crippen molar-refractivity contribution in [3.05, 3.63) is 54.2 Å². The number of hydrazine groups is 1. The second kappa shape index (κ2) is 7.91. The zero-order valence-corrected chi connectivity index (χ0v) is 14.4. The third-order valence-corrected chi connectivity index (χ3v) is 5.22. The molecular formula is C19H26N6. The molecule has 2 fully saturated rings. The van der Waals surface area contributed by atoms with Gasteiger partial charge < -0.3 is 10.2 Å². The lowest BCUT2D eigenvalue weighted by atomic mass is 9.94. The molecule has 6 nitrogen and oxygen atoms in total. The third-order valence-electron chi connectivity index (χ3n) is 5.22. The predicted octanol–water partition coefficient (Wildman–Crippen LogP) is 1.50. The number of nitrogens with one attached hydrogen (secondary N) is 3. The van der Waals surface area contributed by atoms with Crippen molar-refractivity contribution in [3.8, 4) is 0 Å². The first kappa shape index (κ1) is 16.4. The van der Waals surface area contributed by atoms with Crippen molar-refractivity contribution in [1.29, 1.82) is 0 Å². The molecule has 4 rings (SSSR count). The van der Waals surface area contributed by atoms with Gasteiger partial charge in [0.25, 0.3) is 0 Å². The Morgan fingerprint density at radius 3 is 2.92 bits per heavy atom. The quantitative estimate of drug-likeness (QED) is 0.768. The Bertz CT molecular complexity index is 649. The van der Waals surface area contributed by atoms with Crippen LogP contribution in [0.4, 0.5) is 5.82 Å². The zero-order chi connectivity index (χ0) is 16.9. The number of piperidine rings is 1. The number of rotatable bonds is 5. The van der Waals surface area contributed by atoms with Gasteiger partial charge in [-0.05, 0) is 30.5 Å². The summed E-state index contributed by atoms with van der Waals surface area (Å²) in [5.74, 6) is 1.54. The molecule has 2 aromatic rings. The molecule has 6 heteroatoms. The Labute approximate surface area is 149 Å². The average Bonchev–Trinajstić information content (AvgIpc) is 3.17. The summed E-state index contributed by atoms with van der Waals surface area (Å²) in [5.41, 5.74) is 8.10. The fraction of sp³-hybridized carbons (Fsp3) is 0.474. The molecule has 3 heterocycles. The molecule has 0 amide bonds. The molecular weight excluding hydrogens is 312 g/mol. The van der Waals surface area contributed by atoms with E-state index in [-0.39, 0.29) is 0 Å². The van der Waals surface area contributed by atoms with Gasteiger partial charge in [0.15, 0.2) is 5.82 Å². The van der Waals surface area contributed by atoms with E-state index in [0.717, 1.165) is 32.0 Å². The van der Waals surface area contributed by atoms with Crippen molar-refractivity contribution in [2.24, 2.45) is 5.92 Å². The van der Waals surface area contributed by atoms with Gasteiger partial charge in [0.1, 0.15) is 0 Å². The maximum atomic E-state index is 4.25. The van der Waals surface area contributed by atoms with Gasteiger partial charge in [-0.25, -0.2) is 5.43 Å². The van der Waals surface area contributed by atoms with E-state index in [1.807, 2.05) is 12.1 Å². The van der Waals surface area contributed by atoms with Crippen molar-refractivity contribution in [1.82, 2.24) is 26.4 Å². The van der Waals surface area contributed by atoms with E-state index in [1.54, 1.807) is 6.20 Å². The fourth-order valence-electron chi connectivity index (χ4n) is 3.87. The SMILES string of the molecule is c1ccc(C2NNCC2CNC2CCCN(c3cccnn3)C2)cc1. The lowest BCUT2D eigenvalue weighted by molar-refractivity contribution is 0.369. The highest BCUT2D eigenvalue weighted by Crippen LogP contribution is 2.24. The molecule has 2 aliphatic heterocycles. The highest BCUT2D eigenvalue weighted by molar-refractivity contribution is 5.37. The van der Waals surface area contributed by atoms with Crippen LogP contribution in [0.25, 0.3) is 0 Å². The van der Waals surface area contributed by atoms with Crippen molar-refractivity contribution < 1.29 is 0 Å². The molecule has 0 spiro atoms. The normalized spacial score (nSPS) is 26.7.